The van der Waals surface area contributed by atoms with E-state index >= 15 is 0 Å². The zero-order chi connectivity index (χ0) is 14.0. The van der Waals surface area contributed by atoms with E-state index in [-0.39, 0.29) is 0 Å². The van der Waals surface area contributed by atoms with E-state index in [9.17, 15) is 0 Å². The van der Waals surface area contributed by atoms with Gasteiger partial charge in [-0.2, -0.15) is 0 Å². The predicted molar refractivity (Wildman–Crippen MR) is 88.2 cm³/mol. The van der Waals surface area contributed by atoms with Gasteiger partial charge in [-0.25, -0.2) is 0 Å². The lowest BCUT2D eigenvalue weighted by Crippen LogP contribution is -1.91. The number of hydrogen-bond donors (Lipinski definition) is 1. The largest absolute Gasteiger partial charge is 0.368 e. The molecule has 1 nitrogen and oxygen atoms in total. The molecule has 0 atom stereocenters. The van der Waals surface area contributed by atoms with Crippen LogP contribution in [-0.2, 0) is 0 Å². The van der Waals surface area contributed by atoms with Gasteiger partial charge in [0.15, 0.2) is 0 Å². The maximum Gasteiger partial charge on any atom is -0.00358 e. The second kappa shape index (κ2) is 17.3. The maximum absolute atomic E-state index is 3.23. The molecule has 0 aromatic carbocycles. The zero-order valence-corrected chi connectivity index (χ0v) is 13.3. The summed E-state index contributed by atoms with van der Waals surface area (Å²) in [4.78, 5) is 0. The van der Waals surface area contributed by atoms with Crippen LogP contribution in [0.15, 0.2) is 24.6 Å². The van der Waals surface area contributed by atoms with Crippen molar-refractivity contribution in [3.05, 3.63) is 24.6 Å². The van der Waals surface area contributed by atoms with Gasteiger partial charge in [-0.15, -0.1) is 0 Å². The average Bonchev–Trinajstić information content (AvgIpc) is 2.43. The van der Waals surface area contributed by atoms with E-state index in [0.29, 0.717) is 0 Å². The first-order valence-corrected chi connectivity index (χ1v) is 8.47. The molecule has 0 saturated heterocycles. The molecule has 1 heteroatoms. The van der Waals surface area contributed by atoms with Crippen molar-refractivity contribution in [2.24, 2.45) is 0 Å². The van der Waals surface area contributed by atoms with Gasteiger partial charge >= 0.3 is 0 Å². The summed E-state index contributed by atoms with van der Waals surface area (Å²) in [6, 6.07) is 0. The van der Waals surface area contributed by atoms with Gasteiger partial charge in [-0.1, -0.05) is 77.4 Å². The van der Waals surface area contributed by atoms with Crippen molar-refractivity contribution in [3.8, 4) is 0 Å². The number of hydrogen-bond acceptors (Lipinski definition) is 1. The standard InChI is InChI=1S/C18H35N/c1-3-5-7-9-11-13-15-17-19-18-16-14-12-10-8-6-4-2/h15-19H,3-14H2,1-2H3/b17-15+,18-16+. The van der Waals surface area contributed by atoms with Crippen LogP contribution in [0.1, 0.15) is 90.9 Å². The van der Waals surface area contributed by atoms with Crippen molar-refractivity contribution in [1.29, 1.82) is 0 Å². The minimum Gasteiger partial charge on any atom is -0.368 e. The number of unbranched alkanes of at least 4 members (excludes halogenated alkanes) is 10. The monoisotopic (exact) mass is 265 g/mol. The Morgan fingerprint density at radius 2 is 1.00 bits per heavy atom. The molecule has 0 aliphatic heterocycles. The SMILES string of the molecule is CCCCCCC/C=C/N/C=C/CCCCCCC. The zero-order valence-electron chi connectivity index (χ0n) is 13.3. The van der Waals surface area contributed by atoms with E-state index in [0.717, 1.165) is 0 Å². The van der Waals surface area contributed by atoms with Gasteiger partial charge < -0.3 is 5.32 Å². The van der Waals surface area contributed by atoms with E-state index < -0.39 is 0 Å². The normalized spacial score (nSPS) is 11.7. The van der Waals surface area contributed by atoms with Crippen LogP contribution < -0.4 is 5.32 Å². The summed E-state index contributed by atoms with van der Waals surface area (Å²) in [6.45, 7) is 4.53. The molecule has 0 saturated carbocycles. The molecule has 0 aromatic heterocycles. The fraction of sp³-hybridized carbons (Fsp3) is 0.778. The molecule has 112 valence electrons. The molecule has 19 heavy (non-hydrogen) atoms. The van der Waals surface area contributed by atoms with E-state index in [2.05, 4.69) is 43.7 Å². The summed E-state index contributed by atoms with van der Waals surface area (Å²) in [7, 11) is 0. The number of nitrogens with one attached hydrogen (secondary N) is 1. The molecule has 0 heterocycles. The lowest BCUT2D eigenvalue weighted by molar-refractivity contribution is 0.636. The Bertz CT molecular complexity index is 184. The van der Waals surface area contributed by atoms with Gasteiger partial charge in [-0.3, -0.25) is 0 Å². The summed E-state index contributed by atoms with van der Waals surface area (Å²) in [5, 5.41) is 3.23. The smallest absolute Gasteiger partial charge is 0.00358 e. The topological polar surface area (TPSA) is 12.0 Å². The molecule has 0 aliphatic rings. The molecule has 0 unspecified atom stereocenters. The van der Waals surface area contributed by atoms with Gasteiger partial charge in [0.05, 0.1) is 0 Å². The van der Waals surface area contributed by atoms with Crippen LogP contribution in [0, 0.1) is 0 Å². The van der Waals surface area contributed by atoms with Crippen LogP contribution in [0.25, 0.3) is 0 Å². The van der Waals surface area contributed by atoms with Gasteiger partial charge in [0.2, 0.25) is 0 Å². The molecular weight excluding hydrogens is 230 g/mol. The first-order chi connectivity index (χ1) is 9.41. The Kier molecular flexibility index (Phi) is 16.6. The lowest BCUT2D eigenvalue weighted by Gasteiger charge is -1.97. The summed E-state index contributed by atoms with van der Waals surface area (Å²) in [5.74, 6) is 0. The van der Waals surface area contributed by atoms with Crippen LogP contribution >= 0.6 is 0 Å². The van der Waals surface area contributed by atoms with E-state index in [4.69, 9.17) is 0 Å². The fourth-order valence-electron chi connectivity index (χ4n) is 2.09. The van der Waals surface area contributed by atoms with Crippen molar-refractivity contribution in [2.45, 2.75) is 90.9 Å². The van der Waals surface area contributed by atoms with Crippen molar-refractivity contribution in [1.82, 2.24) is 5.32 Å². The molecule has 0 bridgehead atoms. The quantitative estimate of drug-likeness (QED) is 0.362. The third-order valence-corrected chi connectivity index (χ3v) is 3.38. The molecule has 0 aromatic rings. The van der Waals surface area contributed by atoms with Crippen LogP contribution in [-0.4, -0.2) is 0 Å². The molecule has 0 amide bonds. The molecule has 0 spiro atoms. The third-order valence-electron chi connectivity index (χ3n) is 3.38. The van der Waals surface area contributed by atoms with Crippen LogP contribution in [0.4, 0.5) is 0 Å². The summed E-state index contributed by atoms with van der Waals surface area (Å²) in [6.07, 6.45) is 24.7. The third kappa shape index (κ3) is 17.3. The Labute approximate surface area is 121 Å². The second-order valence-corrected chi connectivity index (χ2v) is 5.38. The average molecular weight is 265 g/mol. The van der Waals surface area contributed by atoms with Gasteiger partial charge in [0.1, 0.15) is 0 Å². The summed E-state index contributed by atoms with van der Waals surface area (Å²) in [5.41, 5.74) is 0. The lowest BCUT2D eigenvalue weighted by atomic mass is 10.1. The minimum absolute atomic E-state index is 1.21. The van der Waals surface area contributed by atoms with Crippen LogP contribution in [0.5, 0.6) is 0 Å². The van der Waals surface area contributed by atoms with E-state index in [1.54, 1.807) is 0 Å². The first kappa shape index (κ1) is 18.3. The van der Waals surface area contributed by atoms with Gasteiger partial charge in [-0.05, 0) is 38.1 Å². The van der Waals surface area contributed by atoms with Crippen molar-refractivity contribution in [3.63, 3.8) is 0 Å². The molecule has 0 fully saturated rings. The van der Waals surface area contributed by atoms with Crippen molar-refractivity contribution >= 4 is 0 Å². The number of allylic oxidation sites excluding steroid dienone is 2. The van der Waals surface area contributed by atoms with Crippen LogP contribution in [0.3, 0.4) is 0 Å². The van der Waals surface area contributed by atoms with Gasteiger partial charge in [0.25, 0.3) is 0 Å². The number of rotatable bonds is 14. The highest BCUT2D eigenvalue weighted by molar-refractivity contribution is 4.88. The van der Waals surface area contributed by atoms with Crippen LogP contribution in [0.2, 0.25) is 0 Å². The molecule has 0 radical (unpaired) electrons. The molecule has 0 aliphatic carbocycles. The molecular formula is C18H35N. The summed E-state index contributed by atoms with van der Waals surface area (Å²) < 4.78 is 0. The second-order valence-electron chi connectivity index (χ2n) is 5.38. The highest BCUT2D eigenvalue weighted by Gasteiger charge is 1.86. The maximum atomic E-state index is 3.23. The summed E-state index contributed by atoms with van der Waals surface area (Å²) >= 11 is 0. The predicted octanol–water partition coefficient (Wildman–Crippen LogP) is 6.32. The molecule has 0 rings (SSSR count). The van der Waals surface area contributed by atoms with E-state index in [1.165, 1.54) is 77.0 Å². The fourth-order valence-corrected chi connectivity index (χ4v) is 2.09. The molecule has 1 N–H and O–H groups in total. The Hall–Kier alpha value is -0.720. The van der Waals surface area contributed by atoms with Gasteiger partial charge in [0, 0.05) is 0 Å². The highest BCUT2D eigenvalue weighted by Crippen LogP contribution is 2.05. The van der Waals surface area contributed by atoms with E-state index in [1.807, 2.05) is 0 Å². The van der Waals surface area contributed by atoms with Crippen molar-refractivity contribution in [2.75, 3.05) is 0 Å². The Balaban J connectivity index is 3.14. The Morgan fingerprint density at radius 3 is 1.42 bits per heavy atom. The Morgan fingerprint density at radius 1 is 0.579 bits per heavy atom. The van der Waals surface area contributed by atoms with Crippen molar-refractivity contribution < 1.29 is 0 Å². The highest BCUT2D eigenvalue weighted by atomic mass is 14.8. The minimum atomic E-state index is 1.21. The first-order valence-electron chi connectivity index (χ1n) is 8.47.